The maximum absolute atomic E-state index is 5.93. The van der Waals surface area contributed by atoms with E-state index in [1.807, 2.05) is 13.8 Å². The lowest BCUT2D eigenvalue weighted by Gasteiger charge is -2.25. The van der Waals surface area contributed by atoms with Gasteiger partial charge in [0.1, 0.15) is 5.60 Å². The maximum Gasteiger partial charge on any atom is 0.112 e. The van der Waals surface area contributed by atoms with Gasteiger partial charge in [0.15, 0.2) is 0 Å². The molecule has 1 saturated heterocycles. The van der Waals surface area contributed by atoms with E-state index >= 15 is 0 Å². The molecule has 0 aromatic rings. The quantitative estimate of drug-likeness (QED) is 0.562. The normalized spacial score (nSPS) is 37.8. The summed E-state index contributed by atoms with van der Waals surface area (Å²) in [5.74, 6) is 0. The van der Waals surface area contributed by atoms with E-state index in [1.165, 1.54) is 0 Å². The highest BCUT2D eigenvalue weighted by molar-refractivity contribution is 5.17. The minimum absolute atomic E-state index is 0.0365. The summed E-state index contributed by atoms with van der Waals surface area (Å²) in [6.45, 7) is 10.2. The van der Waals surface area contributed by atoms with Crippen LogP contribution in [0.5, 0.6) is 0 Å². The highest BCUT2D eigenvalue weighted by Crippen LogP contribution is 2.52. The molecule has 0 amide bonds. The van der Waals surface area contributed by atoms with Crippen molar-refractivity contribution in [2.75, 3.05) is 0 Å². The lowest BCUT2D eigenvalue weighted by atomic mass is 9.82. The highest BCUT2D eigenvalue weighted by atomic mass is 16.6. The Morgan fingerprint density at radius 2 is 1.50 bits per heavy atom. The van der Waals surface area contributed by atoms with Crippen molar-refractivity contribution in [3.8, 4) is 0 Å². The Labute approximate surface area is 62.7 Å². The predicted octanol–water partition coefficient (Wildman–Crippen LogP) is 1.29. The highest BCUT2D eigenvalue weighted by Gasteiger charge is 2.66. The molecule has 1 atom stereocenters. The molecule has 0 aromatic heterocycles. The van der Waals surface area contributed by atoms with Gasteiger partial charge < -0.3 is 10.5 Å². The summed E-state index contributed by atoms with van der Waals surface area (Å²) in [5.41, 5.74) is 5.51. The molecule has 1 aliphatic rings. The third-order valence-corrected chi connectivity index (χ3v) is 2.80. The van der Waals surface area contributed by atoms with Gasteiger partial charge in [-0.3, -0.25) is 0 Å². The minimum atomic E-state index is -0.240. The first-order valence-corrected chi connectivity index (χ1v) is 3.70. The molecule has 60 valence electrons. The molecule has 2 heteroatoms. The molecule has 0 aromatic carbocycles. The Balaban J connectivity index is 2.78. The van der Waals surface area contributed by atoms with Crippen molar-refractivity contribution in [1.29, 1.82) is 0 Å². The summed E-state index contributed by atoms with van der Waals surface area (Å²) in [6, 6.07) is 0. The second-order valence-electron chi connectivity index (χ2n) is 4.37. The molecule has 2 nitrogen and oxygen atoms in total. The van der Waals surface area contributed by atoms with Gasteiger partial charge in [0, 0.05) is 5.54 Å². The second kappa shape index (κ2) is 1.56. The molecule has 2 N–H and O–H groups in total. The van der Waals surface area contributed by atoms with Crippen LogP contribution in [0.1, 0.15) is 34.6 Å². The third-order valence-electron chi connectivity index (χ3n) is 2.80. The van der Waals surface area contributed by atoms with Gasteiger partial charge in [0.25, 0.3) is 0 Å². The van der Waals surface area contributed by atoms with E-state index < -0.39 is 0 Å². The van der Waals surface area contributed by atoms with Crippen molar-refractivity contribution in [2.45, 2.75) is 51.4 Å². The number of nitrogens with two attached hydrogens (primary N) is 1. The summed E-state index contributed by atoms with van der Waals surface area (Å²) >= 11 is 0. The molecule has 0 saturated carbocycles. The number of rotatable bonds is 1. The number of hydrogen-bond acceptors (Lipinski definition) is 2. The minimum Gasteiger partial charge on any atom is -0.361 e. The van der Waals surface area contributed by atoms with Gasteiger partial charge in [-0.15, -0.1) is 0 Å². The summed E-state index contributed by atoms with van der Waals surface area (Å²) in [4.78, 5) is 0. The van der Waals surface area contributed by atoms with E-state index in [0.29, 0.717) is 0 Å². The molecule has 0 bridgehead atoms. The Hall–Kier alpha value is -0.0800. The van der Waals surface area contributed by atoms with Crippen LogP contribution in [-0.2, 0) is 4.74 Å². The Bertz CT molecular complexity index is 157. The number of hydrogen-bond donors (Lipinski definition) is 1. The summed E-state index contributed by atoms with van der Waals surface area (Å²) in [5, 5.41) is 0. The van der Waals surface area contributed by atoms with Crippen LogP contribution in [0.15, 0.2) is 0 Å². The topological polar surface area (TPSA) is 38.5 Å². The molecule has 1 unspecified atom stereocenters. The standard InChI is InChI=1S/C8H17NO/c1-6(2,9)8(5)7(3,4)10-8/h9H2,1-5H3. The van der Waals surface area contributed by atoms with E-state index in [1.54, 1.807) is 0 Å². The molecule has 0 aliphatic carbocycles. The summed E-state index contributed by atoms with van der Waals surface area (Å²) in [6.07, 6.45) is 0. The first-order chi connectivity index (χ1) is 4.21. The molecular weight excluding hydrogens is 126 g/mol. The van der Waals surface area contributed by atoms with Gasteiger partial charge >= 0.3 is 0 Å². The van der Waals surface area contributed by atoms with Crippen LogP contribution < -0.4 is 5.73 Å². The van der Waals surface area contributed by atoms with Crippen LogP contribution in [0.3, 0.4) is 0 Å². The molecular formula is C8H17NO. The molecule has 1 aliphatic heterocycles. The third kappa shape index (κ3) is 0.789. The second-order valence-corrected chi connectivity index (χ2v) is 4.37. The molecule has 10 heavy (non-hydrogen) atoms. The van der Waals surface area contributed by atoms with E-state index in [4.69, 9.17) is 10.5 Å². The predicted molar refractivity (Wildman–Crippen MR) is 41.8 cm³/mol. The van der Waals surface area contributed by atoms with Crippen molar-refractivity contribution < 1.29 is 4.74 Å². The molecule has 0 radical (unpaired) electrons. The lowest BCUT2D eigenvalue weighted by Crippen LogP contribution is -2.49. The zero-order chi connectivity index (χ0) is 8.21. The zero-order valence-corrected chi connectivity index (χ0v) is 7.49. The lowest BCUT2D eigenvalue weighted by molar-refractivity contribution is 0.219. The summed E-state index contributed by atoms with van der Waals surface area (Å²) in [7, 11) is 0. The van der Waals surface area contributed by atoms with Gasteiger partial charge in [-0.25, -0.2) is 0 Å². The Morgan fingerprint density at radius 3 is 1.50 bits per heavy atom. The fraction of sp³-hybridized carbons (Fsp3) is 1.00. The van der Waals surface area contributed by atoms with E-state index in [-0.39, 0.29) is 16.7 Å². The molecule has 1 heterocycles. The van der Waals surface area contributed by atoms with Crippen LogP contribution in [0.2, 0.25) is 0 Å². The summed E-state index contributed by atoms with van der Waals surface area (Å²) < 4.78 is 5.53. The molecule has 1 rings (SSSR count). The van der Waals surface area contributed by atoms with E-state index in [0.717, 1.165) is 0 Å². The van der Waals surface area contributed by atoms with Crippen LogP contribution >= 0.6 is 0 Å². The van der Waals surface area contributed by atoms with Crippen LogP contribution in [-0.4, -0.2) is 16.7 Å². The number of epoxide rings is 1. The fourth-order valence-electron chi connectivity index (χ4n) is 1.39. The number of ether oxygens (including phenoxy) is 1. The Kier molecular flexibility index (Phi) is 1.25. The van der Waals surface area contributed by atoms with Crippen molar-refractivity contribution in [2.24, 2.45) is 5.73 Å². The van der Waals surface area contributed by atoms with Crippen molar-refractivity contribution in [3.05, 3.63) is 0 Å². The van der Waals surface area contributed by atoms with Crippen LogP contribution in [0.25, 0.3) is 0 Å². The van der Waals surface area contributed by atoms with E-state index in [9.17, 15) is 0 Å². The van der Waals surface area contributed by atoms with Crippen molar-refractivity contribution >= 4 is 0 Å². The first kappa shape index (κ1) is 8.02. The van der Waals surface area contributed by atoms with E-state index in [2.05, 4.69) is 20.8 Å². The largest absolute Gasteiger partial charge is 0.361 e. The van der Waals surface area contributed by atoms with Crippen LogP contribution in [0, 0.1) is 0 Å². The SMILES string of the molecule is CC(C)(N)C1(C)OC1(C)C. The van der Waals surface area contributed by atoms with Crippen molar-refractivity contribution in [1.82, 2.24) is 0 Å². The van der Waals surface area contributed by atoms with Crippen molar-refractivity contribution in [3.63, 3.8) is 0 Å². The van der Waals surface area contributed by atoms with Gasteiger partial charge in [0.05, 0.1) is 5.60 Å². The first-order valence-electron chi connectivity index (χ1n) is 3.70. The van der Waals surface area contributed by atoms with Gasteiger partial charge in [-0.2, -0.15) is 0 Å². The maximum atomic E-state index is 5.93. The average molecular weight is 143 g/mol. The zero-order valence-electron chi connectivity index (χ0n) is 7.49. The van der Waals surface area contributed by atoms with Crippen LogP contribution in [0.4, 0.5) is 0 Å². The molecule has 1 fully saturated rings. The van der Waals surface area contributed by atoms with Gasteiger partial charge in [-0.05, 0) is 34.6 Å². The smallest absolute Gasteiger partial charge is 0.112 e. The average Bonchev–Trinajstić information content (AvgIpc) is 2.05. The molecule has 0 spiro atoms. The van der Waals surface area contributed by atoms with Gasteiger partial charge in [0.2, 0.25) is 0 Å². The monoisotopic (exact) mass is 143 g/mol. The van der Waals surface area contributed by atoms with Gasteiger partial charge in [-0.1, -0.05) is 0 Å². The Morgan fingerprint density at radius 1 is 1.20 bits per heavy atom. The fourth-order valence-corrected chi connectivity index (χ4v) is 1.39.